The molecule has 0 aliphatic carbocycles. The standard InChI is InChI=1S/C16H18FN5O/c1-4-15-19-20-16(23-15)18-9-14-10(2)21-22(11(14)3)13-7-5-12(17)6-8-13/h5-8H,4,9H2,1-3H3,(H,18,20). The molecule has 2 aromatic heterocycles. The molecule has 0 amide bonds. The number of benzene rings is 1. The fourth-order valence-corrected chi connectivity index (χ4v) is 2.40. The second kappa shape index (κ2) is 6.20. The molecule has 0 aliphatic heterocycles. The highest BCUT2D eigenvalue weighted by atomic mass is 19.1. The average Bonchev–Trinajstić information content (AvgIpc) is 3.11. The molecule has 2 heterocycles. The zero-order chi connectivity index (χ0) is 16.4. The van der Waals surface area contributed by atoms with Crippen LogP contribution in [0.25, 0.3) is 5.69 Å². The molecule has 0 atom stereocenters. The van der Waals surface area contributed by atoms with Gasteiger partial charge in [-0.1, -0.05) is 12.0 Å². The number of aryl methyl sites for hydroxylation is 2. The van der Waals surface area contributed by atoms with Crippen molar-refractivity contribution < 1.29 is 8.81 Å². The van der Waals surface area contributed by atoms with Gasteiger partial charge in [-0.05, 0) is 38.1 Å². The van der Waals surface area contributed by atoms with Crippen LogP contribution in [0.4, 0.5) is 10.4 Å². The molecule has 23 heavy (non-hydrogen) atoms. The quantitative estimate of drug-likeness (QED) is 0.783. The Bertz CT molecular complexity index is 806. The Labute approximate surface area is 133 Å². The van der Waals surface area contributed by atoms with Gasteiger partial charge in [-0.25, -0.2) is 9.07 Å². The minimum Gasteiger partial charge on any atom is -0.408 e. The second-order valence-corrected chi connectivity index (χ2v) is 5.25. The topological polar surface area (TPSA) is 68.8 Å². The Balaban J connectivity index is 1.81. The van der Waals surface area contributed by atoms with Crippen molar-refractivity contribution >= 4 is 6.01 Å². The summed E-state index contributed by atoms with van der Waals surface area (Å²) in [6.45, 7) is 6.41. The van der Waals surface area contributed by atoms with Crippen LogP contribution in [-0.2, 0) is 13.0 Å². The van der Waals surface area contributed by atoms with E-state index >= 15 is 0 Å². The number of rotatable bonds is 5. The van der Waals surface area contributed by atoms with Gasteiger partial charge in [0.1, 0.15) is 5.82 Å². The lowest BCUT2D eigenvalue weighted by Gasteiger charge is -2.05. The molecule has 6 nitrogen and oxygen atoms in total. The Kier molecular flexibility index (Phi) is 4.10. The average molecular weight is 315 g/mol. The number of halogens is 1. The van der Waals surface area contributed by atoms with Crippen LogP contribution < -0.4 is 5.32 Å². The predicted octanol–water partition coefficient (Wildman–Crippen LogP) is 3.19. The van der Waals surface area contributed by atoms with Gasteiger partial charge in [0, 0.05) is 24.2 Å². The van der Waals surface area contributed by atoms with Gasteiger partial charge in [-0.3, -0.25) is 0 Å². The first-order chi connectivity index (χ1) is 11.1. The van der Waals surface area contributed by atoms with Gasteiger partial charge in [0.2, 0.25) is 5.89 Å². The molecular weight excluding hydrogens is 297 g/mol. The minimum atomic E-state index is -0.264. The molecule has 3 rings (SSSR count). The van der Waals surface area contributed by atoms with Crippen LogP contribution in [0.1, 0.15) is 29.8 Å². The largest absolute Gasteiger partial charge is 0.408 e. The normalized spacial score (nSPS) is 11.0. The number of aromatic nitrogens is 4. The third-order valence-electron chi connectivity index (χ3n) is 3.70. The molecule has 0 spiro atoms. The van der Waals surface area contributed by atoms with E-state index < -0.39 is 0 Å². The molecule has 0 aliphatic rings. The highest BCUT2D eigenvalue weighted by molar-refractivity contribution is 5.38. The highest BCUT2D eigenvalue weighted by Crippen LogP contribution is 2.19. The third kappa shape index (κ3) is 3.08. The fraction of sp³-hybridized carbons (Fsp3) is 0.312. The van der Waals surface area contributed by atoms with Crippen LogP contribution in [0, 0.1) is 19.7 Å². The van der Waals surface area contributed by atoms with Crippen molar-refractivity contribution in [2.45, 2.75) is 33.7 Å². The van der Waals surface area contributed by atoms with E-state index in [1.165, 1.54) is 12.1 Å². The lowest BCUT2D eigenvalue weighted by atomic mass is 10.2. The van der Waals surface area contributed by atoms with Crippen molar-refractivity contribution in [1.29, 1.82) is 0 Å². The summed E-state index contributed by atoms with van der Waals surface area (Å²) in [5.41, 5.74) is 3.75. The van der Waals surface area contributed by atoms with Crippen molar-refractivity contribution in [3.8, 4) is 5.69 Å². The van der Waals surface area contributed by atoms with Gasteiger partial charge >= 0.3 is 6.01 Å². The van der Waals surface area contributed by atoms with Gasteiger partial charge in [-0.2, -0.15) is 5.10 Å². The minimum absolute atomic E-state index is 0.264. The SMILES string of the molecule is CCc1nnc(NCc2c(C)nn(-c3ccc(F)cc3)c2C)o1. The van der Waals surface area contributed by atoms with E-state index in [4.69, 9.17) is 4.42 Å². The van der Waals surface area contributed by atoms with Crippen molar-refractivity contribution in [3.63, 3.8) is 0 Å². The number of nitrogens with one attached hydrogen (secondary N) is 1. The summed E-state index contributed by atoms with van der Waals surface area (Å²) in [7, 11) is 0. The molecule has 3 aromatic rings. The van der Waals surface area contributed by atoms with Gasteiger partial charge < -0.3 is 9.73 Å². The van der Waals surface area contributed by atoms with Crippen LogP contribution in [0.5, 0.6) is 0 Å². The molecule has 0 radical (unpaired) electrons. The van der Waals surface area contributed by atoms with E-state index in [1.54, 1.807) is 16.8 Å². The van der Waals surface area contributed by atoms with E-state index in [1.807, 2.05) is 20.8 Å². The number of hydrogen-bond acceptors (Lipinski definition) is 5. The van der Waals surface area contributed by atoms with Crippen LogP contribution in [0.15, 0.2) is 28.7 Å². The molecule has 0 fully saturated rings. The van der Waals surface area contributed by atoms with Crippen LogP contribution in [0.3, 0.4) is 0 Å². The smallest absolute Gasteiger partial charge is 0.315 e. The Morgan fingerprint density at radius 1 is 1.17 bits per heavy atom. The summed E-state index contributed by atoms with van der Waals surface area (Å²) >= 11 is 0. The first-order valence-electron chi connectivity index (χ1n) is 7.45. The monoisotopic (exact) mass is 315 g/mol. The molecule has 0 unspecified atom stereocenters. The van der Waals surface area contributed by atoms with Crippen molar-refractivity contribution in [1.82, 2.24) is 20.0 Å². The summed E-state index contributed by atoms with van der Waals surface area (Å²) in [5, 5.41) is 15.5. The zero-order valence-electron chi connectivity index (χ0n) is 13.3. The van der Waals surface area contributed by atoms with E-state index in [0.29, 0.717) is 24.9 Å². The zero-order valence-corrected chi connectivity index (χ0v) is 13.3. The maximum absolute atomic E-state index is 13.1. The van der Waals surface area contributed by atoms with Crippen molar-refractivity contribution in [2.75, 3.05) is 5.32 Å². The van der Waals surface area contributed by atoms with Crippen LogP contribution in [-0.4, -0.2) is 20.0 Å². The summed E-state index contributed by atoms with van der Waals surface area (Å²) in [4.78, 5) is 0. The maximum atomic E-state index is 13.1. The molecule has 1 N–H and O–H groups in total. The van der Waals surface area contributed by atoms with Crippen LogP contribution >= 0.6 is 0 Å². The Hall–Kier alpha value is -2.70. The number of anilines is 1. The summed E-state index contributed by atoms with van der Waals surface area (Å²) in [6, 6.07) is 6.66. The lowest BCUT2D eigenvalue weighted by molar-refractivity contribution is 0.511. The van der Waals surface area contributed by atoms with Gasteiger partial charge in [0.05, 0.1) is 11.4 Å². The predicted molar refractivity (Wildman–Crippen MR) is 84.0 cm³/mol. The Morgan fingerprint density at radius 3 is 2.57 bits per heavy atom. The summed E-state index contributed by atoms with van der Waals surface area (Å²) < 4.78 is 20.3. The first kappa shape index (κ1) is 15.2. The van der Waals surface area contributed by atoms with Crippen molar-refractivity contribution in [2.24, 2.45) is 0 Å². The van der Waals surface area contributed by atoms with Crippen LogP contribution in [0.2, 0.25) is 0 Å². The highest BCUT2D eigenvalue weighted by Gasteiger charge is 2.14. The fourth-order valence-electron chi connectivity index (χ4n) is 2.40. The molecule has 120 valence electrons. The summed E-state index contributed by atoms with van der Waals surface area (Å²) in [6.07, 6.45) is 0.704. The van der Waals surface area contributed by atoms with E-state index in [0.717, 1.165) is 22.6 Å². The molecule has 1 aromatic carbocycles. The molecule has 7 heteroatoms. The van der Waals surface area contributed by atoms with E-state index in [-0.39, 0.29) is 5.82 Å². The number of hydrogen-bond donors (Lipinski definition) is 1. The molecule has 0 saturated heterocycles. The van der Waals surface area contributed by atoms with Gasteiger partial charge in [0.25, 0.3) is 0 Å². The molecule has 0 bridgehead atoms. The molecular formula is C16H18FN5O. The molecule has 0 saturated carbocycles. The summed E-state index contributed by atoms with van der Waals surface area (Å²) in [5.74, 6) is 0.336. The van der Waals surface area contributed by atoms with E-state index in [9.17, 15) is 4.39 Å². The van der Waals surface area contributed by atoms with Crippen molar-refractivity contribution in [3.05, 3.63) is 52.9 Å². The third-order valence-corrected chi connectivity index (χ3v) is 3.70. The Morgan fingerprint density at radius 2 is 1.91 bits per heavy atom. The van der Waals surface area contributed by atoms with Gasteiger partial charge in [-0.15, -0.1) is 5.10 Å². The first-order valence-corrected chi connectivity index (χ1v) is 7.45. The maximum Gasteiger partial charge on any atom is 0.315 e. The lowest BCUT2D eigenvalue weighted by Crippen LogP contribution is -2.03. The second-order valence-electron chi connectivity index (χ2n) is 5.25. The number of nitrogens with zero attached hydrogens (tertiary/aromatic N) is 4. The van der Waals surface area contributed by atoms with E-state index in [2.05, 4.69) is 20.6 Å². The van der Waals surface area contributed by atoms with Gasteiger partial charge in [0.15, 0.2) is 0 Å².